The van der Waals surface area contributed by atoms with Crippen LogP contribution in [-0.4, -0.2) is 18.0 Å². The van der Waals surface area contributed by atoms with Crippen LogP contribution in [-0.2, 0) is 6.54 Å². The highest BCUT2D eigenvalue weighted by Gasteiger charge is 2.19. The van der Waals surface area contributed by atoms with Crippen molar-refractivity contribution < 1.29 is 0 Å². The summed E-state index contributed by atoms with van der Waals surface area (Å²) >= 11 is 3.56. The third-order valence-corrected chi connectivity index (χ3v) is 3.81. The van der Waals surface area contributed by atoms with Gasteiger partial charge in [-0.15, -0.1) is 0 Å². The van der Waals surface area contributed by atoms with Crippen LogP contribution in [0.2, 0.25) is 0 Å². The Hall–Kier alpha value is -0.850. The van der Waals surface area contributed by atoms with Crippen molar-refractivity contribution >= 4 is 15.9 Å². The van der Waals surface area contributed by atoms with Crippen LogP contribution in [0, 0.1) is 17.2 Å². The van der Waals surface area contributed by atoms with Gasteiger partial charge in [-0.2, -0.15) is 5.26 Å². The molecular formula is C13H15BrN2. The first-order valence-corrected chi connectivity index (χ1v) is 6.44. The van der Waals surface area contributed by atoms with Gasteiger partial charge in [0.1, 0.15) is 0 Å². The summed E-state index contributed by atoms with van der Waals surface area (Å²) in [6.07, 6.45) is 2.20. The molecule has 1 aliphatic heterocycles. The van der Waals surface area contributed by atoms with Gasteiger partial charge in [-0.05, 0) is 31.0 Å². The van der Waals surface area contributed by atoms with Crippen LogP contribution >= 0.6 is 15.9 Å². The molecule has 1 aromatic carbocycles. The third kappa shape index (κ3) is 2.84. The van der Waals surface area contributed by atoms with Crippen molar-refractivity contribution in [2.24, 2.45) is 5.92 Å². The molecule has 0 radical (unpaired) electrons. The van der Waals surface area contributed by atoms with Crippen LogP contribution in [0.5, 0.6) is 0 Å². The molecule has 0 amide bonds. The Labute approximate surface area is 105 Å². The Morgan fingerprint density at radius 1 is 1.44 bits per heavy atom. The zero-order valence-electron chi connectivity index (χ0n) is 9.19. The van der Waals surface area contributed by atoms with Crippen LogP contribution in [0.4, 0.5) is 0 Å². The van der Waals surface area contributed by atoms with E-state index in [9.17, 15) is 0 Å². The van der Waals surface area contributed by atoms with Gasteiger partial charge in [-0.1, -0.05) is 34.1 Å². The summed E-state index contributed by atoms with van der Waals surface area (Å²) in [4.78, 5) is 2.37. The van der Waals surface area contributed by atoms with Gasteiger partial charge in [0, 0.05) is 17.6 Å². The molecular weight excluding hydrogens is 264 g/mol. The molecule has 1 unspecified atom stereocenters. The second kappa shape index (κ2) is 5.47. The lowest BCUT2D eigenvalue weighted by molar-refractivity contribution is 0.192. The number of benzene rings is 1. The van der Waals surface area contributed by atoms with Gasteiger partial charge in [0.05, 0.1) is 12.0 Å². The van der Waals surface area contributed by atoms with Crippen LogP contribution in [0.3, 0.4) is 0 Å². The van der Waals surface area contributed by atoms with Gasteiger partial charge in [0.2, 0.25) is 0 Å². The number of hydrogen-bond acceptors (Lipinski definition) is 2. The smallest absolute Gasteiger partial charge is 0.0669 e. The summed E-state index contributed by atoms with van der Waals surface area (Å²) in [5, 5.41) is 8.94. The highest BCUT2D eigenvalue weighted by Crippen LogP contribution is 2.21. The minimum atomic E-state index is 0.219. The molecule has 1 heterocycles. The van der Waals surface area contributed by atoms with E-state index in [2.05, 4.69) is 45.1 Å². The van der Waals surface area contributed by atoms with Gasteiger partial charge in [-0.25, -0.2) is 0 Å². The highest BCUT2D eigenvalue weighted by atomic mass is 79.9. The van der Waals surface area contributed by atoms with Gasteiger partial charge in [-0.3, -0.25) is 4.90 Å². The first kappa shape index (κ1) is 11.6. The Morgan fingerprint density at radius 3 is 3.00 bits per heavy atom. The van der Waals surface area contributed by atoms with Gasteiger partial charge in [0.15, 0.2) is 0 Å². The number of nitriles is 1. The monoisotopic (exact) mass is 278 g/mol. The molecule has 0 saturated carbocycles. The molecule has 0 aliphatic carbocycles. The fraction of sp³-hybridized carbons (Fsp3) is 0.462. The van der Waals surface area contributed by atoms with Crippen molar-refractivity contribution in [2.45, 2.75) is 19.4 Å². The fourth-order valence-corrected chi connectivity index (χ4v) is 2.58. The van der Waals surface area contributed by atoms with Crippen molar-refractivity contribution in [1.29, 1.82) is 5.26 Å². The highest BCUT2D eigenvalue weighted by molar-refractivity contribution is 9.10. The summed E-state index contributed by atoms with van der Waals surface area (Å²) in [7, 11) is 0. The SMILES string of the molecule is N#CC1CCCN(Cc2ccccc2Br)C1. The number of hydrogen-bond donors (Lipinski definition) is 0. The molecule has 0 bridgehead atoms. The van der Waals surface area contributed by atoms with Crippen LogP contribution in [0.25, 0.3) is 0 Å². The van der Waals surface area contributed by atoms with Crippen LogP contribution in [0.15, 0.2) is 28.7 Å². The van der Waals surface area contributed by atoms with E-state index in [0.717, 1.165) is 36.9 Å². The zero-order valence-corrected chi connectivity index (χ0v) is 10.8. The molecule has 0 spiro atoms. The van der Waals surface area contributed by atoms with Gasteiger partial charge in [0.25, 0.3) is 0 Å². The molecule has 0 aromatic heterocycles. The molecule has 2 nitrogen and oxygen atoms in total. The van der Waals surface area contributed by atoms with E-state index >= 15 is 0 Å². The average Bonchev–Trinajstić information content (AvgIpc) is 2.32. The second-order valence-corrected chi connectivity index (χ2v) is 5.15. The van der Waals surface area contributed by atoms with E-state index in [-0.39, 0.29) is 5.92 Å². The predicted molar refractivity (Wildman–Crippen MR) is 67.8 cm³/mol. The van der Waals surface area contributed by atoms with Crippen LogP contribution < -0.4 is 0 Å². The zero-order chi connectivity index (χ0) is 11.4. The van der Waals surface area contributed by atoms with E-state index < -0.39 is 0 Å². The molecule has 2 rings (SSSR count). The van der Waals surface area contributed by atoms with Crippen LogP contribution in [0.1, 0.15) is 18.4 Å². The number of piperidine rings is 1. The lowest BCUT2D eigenvalue weighted by Crippen LogP contribution is -2.34. The van der Waals surface area contributed by atoms with E-state index in [1.54, 1.807) is 0 Å². The van der Waals surface area contributed by atoms with Gasteiger partial charge < -0.3 is 0 Å². The molecule has 3 heteroatoms. The van der Waals surface area contributed by atoms with E-state index in [4.69, 9.17) is 5.26 Å². The van der Waals surface area contributed by atoms with Gasteiger partial charge >= 0.3 is 0 Å². The van der Waals surface area contributed by atoms with Crippen molar-refractivity contribution in [1.82, 2.24) is 4.90 Å². The van der Waals surface area contributed by atoms with E-state index in [1.165, 1.54) is 5.56 Å². The molecule has 16 heavy (non-hydrogen) atoms. The van der Waals surface area contributed by atoms with Crippen molar-refractivity contribution in [2.75, 3.05) is 13.1 Å². The molecule has 1 atom stereocenters. The minimum Gasteiger partial charge on any atom is -0.298 e. The maximum atomic E-state index is 8.94. The maximum Gasteiger partial charge on any atom is 0.0669 e. The summed E-state index contributed by atoms with van der Waals surface area (Å²) in [6.45, 7) is 2.97. The van der Waals surface area contributed by atoms with Crippen molar-refractivity contribution in [3.05, 3.63) is 34.3 Å². The fourth-order valence-electron chi connectivity index (χ4n) is 2.17. The van der Waals surface area contributed by atoms with Crippen molar-refractivity contribution in [3.63, 3.8) is 0 Å². The summed E-state index contributed by atoms with van der Waals surface area (Å²) in [5.74, 6) is 0.219. The first-order chi connectivity index (χ1) is 7.79. The largest absolute Gasteiger partial charge is 0.298 e. The quantitative estimate of drug-likeness (QED) is 0.831. The average molecular weight is 279 g/mol. The lowest BCUT2D eigenvalue weighted by Gasteiger charge is -2.29. The minimum absolute atomic E-state index is 0.219. The molecule has 1 fully saturated rings. The van der Waals surface area contributed by atoms with E-state index in [0.29, 0.717) is 0 Å². The standard InChI is InChI=1S/C13H15BrN2/c14-13-6-2-1-5-12(13)10-16-7-3-4-11(8-15)9-16/h1-2,5-6,11H,3-4,7,9-10H2. The maximum absolute atomic E-state index is 8.94. The molecule has 84 valence electrons. The molecule has 1 aromatic rings. The Balaban J connectivity index is 2.00. The summed E-state index contributed by atoms with van der Waals surface area (Å²) in [6, 6.07) is 10.7. The second-order valence-electron chi connectivity index (χ2n) is 4.29. The summed E-state index contributed by atoms with van der Waals surface area (Å²) < 4.78 is 1.16. The number of likely N-dealkylation sites (tertiary alicyclic amines) is 1. The lowest BCUT2D eigenvalue weighted by atomic mass is 9.99. The third-order valence-electron chi connectivity index (χ3n) is 3.04. The molecule has 0 N–H and O–H groups in total. The Kier molecular flexibility index (Phi) is 3.98. The summed E-state index contributed by atoms with van der Waals surface area (Å²) in [5.41, 5.74) is 1.31. The van der Waals surface area contributed by atoms with E-state index in [1.807, 2.05) is 6.07 Å². The Morgan fingerprint density at radius 2 is 2.25 bits per heavy atom. The topological polar surface area (TPSA) is 27.0 Å². The number of halogens is 1. The number of rotatable bonds is 2. The Bertz CT molecular complexity index is 397. The first-order valence-electron chi connectivity index (χ1n) is 5.65. The van der Waals surface area contributed by atoms with Crippen molar-refractivity contribution in [3.8, 4) is 6.07 Å². The molecule has 1 saturated heterocycles. The molecule has 1 aliphatic rings. The normalized spacial score (nSPS) is 21.6. The number of nitrogens with zero attached hydrogens (tertiary/aromatic N) is 2. The predicted octanol–water partition coefficient (Wildman–Crippen LogP) is 3.18.